The van der Waals surface area contributed by atoms with E-state index >= 15 is 0 Å². The molecule has 2 aromatic carbocycles. The molecule has 0 fully saturated rings. The van der Waals surface area contributed by atoms with Crippen LogP contribution in [0.15, 0.2) is 53.4 Å². The molecule has 1 aliphatic heterocycles. The first-order valence-electron chi connectivity index (χ1n) is 8.50. The Labute approximate surface area is 154 Å². The van der Waals surface area contributed by atoms with Crippen molar-refractivity contribution in [3.8, 4) is 0 Å². The van der Waals surface area contributed by atoms with Crippen molar-refractivity contribution in [2.45, 2.75) is 37.8 Å². The number of benzene rings is 2. The van der Waals surface area contributed by atoms with Crippen molar-refractivity contribution in [3.63, 3.8) is 0 Å². The van der Waals surface area contributed by atoms with E-state index in [1.165, 1.54) is 0 Å². The van der Waals surface area contributed by atoms with Gasteiger partial charge in [0.2, 0.25) is 5.91 Å². The smallest absolute Gasteiger partial charge is 0.254 e. The lowest BCUT2D eigenvalue weighted by Gasteiger charge is -2.24. The van der Waals surface area contributed by atoms with E-state index in [2.05, 4.69) is 12.2 Å². The largest absolute Gasteiger partial charge is 0.331 e. The predicted octanol–water partition coefficient (Wildman–Crippen LogP) is 4.42. The molecule has 2 amide bonds. The van der Waals surface area contributed by atoms with Crippen molar-refractivity contribution in [3.05, 3.63) is 59.7 Å². The Hall–Kier alpha value is -2.27. The van der Waals surface area contributed by atoms with E-state index in [4.69, 9.17) is 0 Å². The van der Waals surface area contributed by atoms with Gasteiger partial charge in [0.05, 0.1) is 5.69 Å². The van der Waals surface area contributed by atoms with Gasteiger partial charge in [-0.2, -0.15) is 0 Å². The number of thioether (sulfide) groups is 1. The first-order chi connectivity index (χ1) is 12.1. The lowest BCUT2D eigenvalue weighted by atomic mass is 10.1. The average molecular weight is 356 g/mol. The van der Waals surface area contributed by atoms with Crippen LogP contribution in [0, 0.1) is 0 Å². The number of fused-ring (bicyclic) bond motifs is 1. The number of amides is 2. The summed E-state index contributed by atoms with van der Waals surface area (Å²) in [5, 5.41) is 2.99. The third-order valence-electron chi connectivity index (χ3n) is 4.32. The standard InChI is InChI=1S/C20H22N2O2S.H2/c1-3-25-18-11-7-6-10-17(18)21-19(23)12-14(2)22-13-15-8-4-5-9-16(15)20(22)24;/h4-11,14H,3,12-13H2,1-2H3,(H,21,23);1H. The molecule has 25 heavy (non-hydrogen) atoms. The van der Waals surface area contributed by atoms with Crippen molar-refractivity contribution in [1.29, 1.82) is 0 Å². The lowest BCUT2D eigenvalue weighted by Crippen LogP contribution is -2.36. The van der Waals surface area contributed by atoms with Crippen molar-refractivity contribution in [2.24, 2.45) is 0 Å². The fourth-order valence-corrected chi connectivity index (χ4v) is 3.82. The van der Waals surface area contributed by atoms with Gasteiger partial charge in [-0.3, -0.25) is 9.59 Å². The van der Waals surface area contributed by atoms with Gasteiger partial charge in [0.25, 0.3) is 5.91 Å². The number of carbonyl (C=O) groups is 2. The third-order valence-corrected chi connectivity index (χ3v) is 5.28. The summed E-state index contributed by atoms with van der Waals surface area (Å²) in [7, 11) is 0. The molecule has 0 spiro atoms. The van der Waals surface area contributed by atoms with E-state index in [-0.39, 0.29) is 25.7 Å². The molecule has 2 aromatic rings. The molecule has 0 radical (unpaired) electrons. The van der Waals surface area contributed by atoms with Crippen LogP contribution in [0.3, 0.4) is 0 Å². The maximum atomic E-state index is 12.5. The monoisotopic (exact) mass is 356 g/mol. The Morgan fingerprint density at radius 1 is 1.24 bits per heavy atom. The number of para-hydroxylation sites is 1. The van der Waals surface area contributed by atoms with E-state index in [0.29, 0.717) is 6.54 Å². The zero-order valence-electron chi connectivity index (χ0n) is 14.5. The van der Waals surface area contributed by atoms with Crippen LogP contribution in [0.5, 0.6) is 0 Å². The zero-order chi connectivity index (χ0) is 17.8. The zero-order valence-corrected chi connectivity index (χ0v) is 15.3. The number of hydrogen-bond acceptors (Lipinski definition) is 3. The molecule has 0 bridgehead atoms. The molecule has 1 unspecified atom stereocenters. The van der Waals surface area contributed by atoms with E-state index in [1.54, 1.807) is 16.7 Å². The van der Waals surface area contributed by atoms with Gasteiger partial charge in [-0.05, 0) is 36.4 Å². The SMILES string of the molecule is CCSc1ccccc1NC(=O)CC(C)N1Cc2ccccc2C1=O.[HH]. The van der Waals surface area contributed by atoms with Crippen molar-refractivity contribution in [2.75, 3.05) is 11.1 Å². The molecule has 1 N–H and O–H groups in total. The summed E-state index contributed by atoms with van der Waals surface area (Å²) in [6.45, 7) is 4.59. The van der Waals surface area contributed by atoms with Crippen LogP contribution in [0.1, 0.15) is 37.6 Å². The molecule has 0 aromatic heterocycles. The average Bonchev–Trinajstić information content (AvgIpc) is 2.94. The first-order valence-corrected chi connectivity index (χ1v) is 9.49. The van der Waals surface area contributed by atoms with Gasteiger partial charge >= 0.3 is 0 Å². The lowest BCUT2D eigenvalue weighted by molar-refractivity contribution is -0.117. The highest BCUT2D eigenvalue weighted by atomic mass is 32.2. The van der Waals surface area contributed by atoms with E-state index in [1.807, 2.05) is 55.5 Å². The van der Waals surface area contributed by atoms with Gasteiger partial charge in [-0.1, -0.05) is 37.3 Å². The van der Waals surface area contributed by atoms with Crippen LogP contribution >= 0.6 is 11.8 Å². The van der Waals surface area contributed by atoms with Gasteiger partial charge in [-0.15, -0.1) is 11.8 Å². The fourth-order valence-electron chi connectivity index (χ4n) is 3.06. The Morgan fingerprint density at radius 2 is 1.96 bits per heavy atom. The minimum atomic E-state index is -0.147. The van der Waals surface area contributed by atoms with Crippen molar-refractivity contribution >= 4 is 29.3 Å². The molecular formula is C20H24N2O2S. The number of rotatable bonds is 6. The number of hydrogen-bond donors (Lipinski definition) is 1. The quantitative estimate of drug-likeness (QED) is 0.780. The number of anilines is 1. The molecule has 1 heterocycles. The van der Waals surface area contributed by atoms with Gasteiger partial charge < -0.3 is 10.2 Å². The fraction of sp³-hybridized carbons (Fsp3) is 0.300. The summed E-state index contributed by atoms with van der Waals surface area (Å²) >= 11 is 1.70. The van der Waals surface area contributed by atoms with E-state index in [9.17, 15) is 9.59 Å². The molecule has 0 saturated carbocycles. The summed E-state index contributed by atoms with van der Waals surface area (Å²) in [5.74, 6) is 0.891. The van der Waals surface area contributed by atoms with Gasteiger partial charge in [-0.25, -0.2) is 0 Å². The highest BCUT2D eigenvalue weighted by molar-refractivity contribution is 7.99. The summed E-state index contributed by atoms with van der Waals surface area (Å²) in [6.07, 6.45) is 0.283. The van der Waals surface area contributed by atoms with Crippen LogP contribution in [0.4, 0.5) is 5.69 Å². The Morgan fingerprint density at radius 3 is 2.72 bits per heavy atom. The second-order valence-corrected chi connectivity index (χ2v) is 7.43. The van der Waals surface area contributed by atoms with Crippen LogP contribution < -0.4 is 5.32 Å². The molecule has 4 nitrogen and oxygen atoms in total. The van der Waals surface area contributed by atoms with Gasteiger partial charge in [0.15, 0.2) is 0 Å². The number of nitrogens with one attached hydrogen (secondary N) is 1. The molecule has 1 atom stereocenters. The van der Waals surface area contributed by atoms with E-state index < -0.39 is 0 Å². The summed E-state index contributed by atoms with van der Waals surface area (Å²) < 4.78 is 0. The highest BCUT2D eigenvalue weighted by Crippen LogP contribution is 2.28. The minimum absolute atomic E-state index is 0. The maximum absolute atomic E-state index is 12.5. The van der Waals surface area contributed by atoms with Crippen LogP contribution in [0.25, 0.3) is 0 Å². The molecule has 3 rings (SSSR count). The Kier molecular flexibility index (Phi) is 5.43. The second-order valence-electron chi connectivity index (χ2n) is 6.12. The van der Waals surface area contributed by atoms with Crippen LogP contribution in [0.2, 0.25) is 0 Å². The Bertz CT molecular complexity index is 797. The molecule has 132 valence electrons. The number of nitrogens with zero attached hydrogens (tertiary/aromatic N) is 1. The van der Waals surface area contributed by atoms with Crippen LogP contribution in [-0.4, -0.2) is 28.5 Å². The molecule has 0 saturated heterocycles. The van der Waals surface area contributed by atoms with Gasteiger partial charge in [0, 0.05) is 30.9 Å². The third kappa shape index (κ3) is 3.87. The summed E-state index contributed by atoms with van der Waals surface area (Å²) in [5.41, 5.74) is 2.62. The topological polar surface area (TPSA) is 49.4 Å². The van der Waals surface area contributed by atoms with Crippen LogP contribution in [-0.2, 0) is 11.3 Å². The van der Waals surface area contributed by atoms with Gasteiger partial charge in [0.1, 0.15) is 0 Å². The first kappa shape index (κ1) is 17.5. The predicted molar refractivity (Wildman–Crippen MR) is 104 cm³/mol. The second kappa shape index (κ2) is 7.74. The molecule has 1 aliphatic rings. The maximum Gasteiger partial charge on any atom is 0.254 e. The molecule has 0 aliphatic carbocycles. The number of carbonyl (C=O) groups excluding carboxylic acids is 2. The van der Waals surface area contributed by atoms with E-state index in [0.717, 1.165) is 27.5 Å². The summed E-state index contributed by atoms with van der Waals surface area (Å²) in [4.78, 5) is 27.8. The summed E-state index contributed by atoms with van der Waals surface area (Å²) in [6, 6.07) is 15.3. The van der Waals surface area contributed by atoms with Crippen molar-refractivity contribution in [1.82, 2.24) is 4.90 Å². The van der Waals surface area contributed by atoms with Crippen molar-refractivity contribution < 1.29 is 11.0 Å². The molecular weight excluding hydrogens is 332 g/mol. The normalized spacial score (nSPS) is 14.3. The highest BCUT2D eigenvalue weighted by Gasteiger charge is 2.31. The minimum Gasteiger partial charge on any atom is -0.331 e. The Balaban J connectivity index is 0.00000243. The molecule has 5 heteroatoms.